The zero-order valence-electron chi connectivity index (χ0n) is 13.5. The van der Waals surface area contributed by atoms with Gasteiger partial charge in [0.1, 0.15) is 11.8 Å². The predicted octanol–water partition coefficient (Wildman–Crippen LogP) is 1.24. The number of aromatic nitrogens is 2. The maximum Gasteiger partial charge on any atom is 0.270 e. The number of hydrogen-bond donors (Lipinski definition) is 1. The fourth-order valence-corrected chi connectivity index (χ4v) is 3.10. The van der Waals surface area contributed by atoms with Crippen LogP contribution in [0.2, 0.25) is 0 Å². The monoisotopic (exact) mass is 348 g/mol. The number of benzene rings is 1. The van der Waals surface area contributed by atoms with Gasteiger partial charge in [-0.1, -0.05) is 12.1 Å². The van der Waals surface area contributed by atoms with Crippen molar-refractivity contribution in [3.8, 4) is 11.1 Å². The molecule has 128 valence electrons. The predicted molar refractivity (Wildman–Crippen MR) is 92.5 cm³/mol. The van der Waals surface area contributed by atoms with E-state index in [1.807, 2.05) is 36.5 Å². The van der Waals surface area contributed by atoms with Crippen molar-refractivity contribution in [3.05, 3.63) is 53.3 Å². The number of anilines is 1. The van der Waals surface area contributed by atoms with Gasteiger partial charge in [-0.3, -0.25) is 9.59 Å². The van der Waals surface area contributed by atoms with E-state index in [0.29, 0.717) is 16.8 Å². The van der Waals surface area contributed by atoms with Gasteiger partial charge in [0.2, 0.25) is 5.91 Å². The Balaban J connectivity index is 1.48. The molecule has 3 heterocycles. The summed E-state index contributed by atoms with van der Waals surface area (Å²) < 4.78 is 14.8. The van der Waals surface area contributed by atoms with Crippen LogP contribution in [0.15, 0.2) is 47.7 Å². The SMILES string of the molecule is O=C1C=c2ccc(-c3ccc4nc(NC(=O)C5CC5F)cn4c3)cc2=N1. The molecule has 5 rings (SSSR count). The molecule has 2 atom stereocenters. The van der Waals surface area contributed by atoms with Gasteiger partial charge < -0.3 is 9.72 Å². The van der Waals surface area contributed by atoms with Crippen LogP contribution in [0.5, 0.6) is 0 Å². The number of pyridine rings is 1. The van der Waals surface area contributed by atoms with E-state index in [1.165, 1.54) is 6.08 Å². The number of fused-ring (bicyclic) bond motifs is 2. The van der Waals surface area contributed by atoms with Crippen LogP contribution in [0.1, 0.15) is 6.42 Å². The molecule has 3 aromatic rings. The standard InChI is InChI=1S/C19H13FN4O2/c20-14-7-13(14)19(26)23-16-9-24-8-12(3-4-17(24)22-16)10-1-2-11-6-18(25)21-15(11)5-10/h1-6,8-9,13-14H,7H2,(H,23,26). The second-order valence-corrected chi connectivity index (χ2v) is 6.52. The number of rotatable bonds is 3. The number of hydrogen-bond acceptors (Lipinski definition) is 3. The minimum atomic E-state index is -1.03. The summed E-state index contributed by atoms with van der Waals surface area (Å²) in [5.41, 5.74) is 2.53. The lowest BCUT2D eigenvalue weighted by Gasteiger charge is -2.02. The third-order valence-corrected chi connectivity index (χ3v) is 4.63. The Kier molecular flexibility index (Phi) is 3.06. The average Bonchev–Trinajstić information content (AvgIpc) is 3.04. The van der Waals surface area contributed by atoms with Gasteiger partial charge in [-0.05, 0) is 35.7 Å². The number of halogens is 1. The van der Waals surface area contributed by atoms with Crippen molar-refractivity contribution in [2.45, 2.75) is 12.6 Å². The average molecular weight is 348 g/mol. The Morgan fingerprint density at radius 2 is 2.00 bits per heavy atom. The molecular formula is C19H13FN4O2. The summed E-state index contributed by atoms with van der Waals surface area (Å²) in [6.07, 6.45) is 4.34. The van der Waals surface area contributed by atoms with Crippen LogP contribution in [0.25, 0.3) is 22.9 Å². The molecule has 2 amide bonds. The zero-order valence-corrected chi connectivity index (χ0v) is 13.5. The van der Waals surface area contributed by atoms with Crippen molar-refractivity contribution < 1.29 is 14.0 Å². The molecule has 7 heteroatoms. The molecule has 0 radical (unpaired) electrons. The van der Waals surface area contributed by atoms with Gasteiger partial charge in [-0.15, -0.1) is 0 Å². The highest BCUT2D eigenvalue weighted by Gasteiger charge is 2.43. The lowest BCUT2D eigenvalue weighted by Crippen LogP contribution is -2.20. The highest BCUT2D eigenvalue weighted by atomic mass is 19.1. The van der Waals surface area contributed by atoms with Crippen molar-refractivity contribution in [1.82, 2.24) is 9.38 Å². The minimum absolute atomic E-state index is 0.242. The van der Waals surface area contributed by atoms with Crippen molar-refractivity contribution in [3.63, 3.8) is 0 Å². The number of alkyl halides is 1. The van der Waals surface area contributed by atoms with Crippen LogP contribution < -0.4 is 15.9 Å². The van der Waals surface area contributed by atoms with E-state index in [-0.39, 0.29) is 18.2 Å². The molecule has 26 heavy (non-hydrogen) atoms. The molecule has 0 bridgehead atoms. The van der Waals surface area contributed by atoms with Gasteiger partial charge in [0.25, 0.3) is 5.91 Å². The molecule has 0 saturated heterocycles. The molecule has 1 fully saturated rings. The highest BCUT2D eigenvalue weighted by molar-refractivity contribution is 6.06. The van der Waals surface area contributed by atoms with Crippen LogP contribution in [-0.4, -0.2) is 27.4 Å². The molecule has 1 N–H and O–H groups in total. The smallest absolute Gasteiger partial charge is 0.270 e. The Morgan fingerprint density at radius 3 is 2.81 bits per heavy atom. The van der Waals surface area contributed by atoms with E-state index < -0.39 is 12.1 Å². The quantitative estimate of drug-likeness (QED) is 0.774. The van der Waals surface area contributed by atoms with Crippen LogP contribution >= 0.6 is 0 Å². The van der Waals surface area contributed by atoms with E-state index in [4.69, 9.17) is 0 Å². The Morgan fingerprint density at radius 1 is 1.19 bits per heavy atom. The largest absolute Gasteiger partial charge is 0.309 e. The van der Waals surface area contributed by atoms with Crippen molar-refractivity contribution in [2.75, 3.05) is 5.32 Å². The molecule has 1 saturated carbocycles. The van der Waals surface area contributed by atoms with Gasteiger partial charge in [0.05, 0.1) is 17.5 Å². The number of carbonyl (C=O) groups is 2. The van der Waals surface area contributed by atoms with Crippen molar-refractivity contribution >= 4 is 29.4 Å². The summed E-state index contributed by atoms with van der Waals surface area (Å²) in [6.45, 7) is 0. The van der Waals surface area contributed by atoms with E-state index in [1.54, 1.807) is 10.6 Å². The molecule has 2 aliphatic rings. The van der Waals surface area contributed by atoms with Crippen molar-refractivity contribution in [2.24, 2.45) is 10.9 Å². The summed E-state index contributed by atoms with van der Waals surface area (Å²) in [5.74, 6) is -0.725. The van der Waals surface area contributed by atoms with E-state index in [9.17, 15) is 14.0 Å². The first-order chi connectivity index (χ1) is 12.6. The summed E-state index contributed by atoms with van der Waals surface area (Å²) in [7, 11) is 0. The fourth-order valence-electron chi connectivity index (χ4n) is 3.10. The molecule has 2 aromatic heterocycles. The molecule has 1 aromatic carbocycles. The van der Waals surface area contributed by atoms with Gasteiger partial charge >= 0.3 is 0 Å². The summed E-state index contributed by atoms with van der Waals surface area (Å²) in [5, 5.41) is 4.14. The van der Waals surface area contributed by atoms with Crippen LogP contribution in [0.4, 0.5) is 10.2 Å². The topological polar surface area (TPSA) is 75.8 Å². The first kappa shape index (κ1) is 14.9. The number of nitrogens with one attached hydrogen (secondary N) is 1. The van der Waals surface area contributed by atoms with E-state index in [0.717, 1.165) is 16.3 Å². The number of amides is 2. The van der Waals surface area contributed by atoms with Crippen LogP contribution in [0, 0.1) is 5.92 Å². The highest BCUT2D eigenvalue weighted by Crippen LogP contribution is 2.34. The lowest BCUT2D eigenvalue weighted by molar-refractivity contribution is -0.117. The lowest BCUT2D eigenvalue weighted by atomic mass is 10.1. The number of carbonyl (C=O) groups excluding carboxylic acids is 2. The molecule has 6 nitrogen and oxygen atoms in total. The molecule has 1 aliphatic heterocycles. The summed E-state index contributed by atoms with van der Waals surface area (Å²) >= 11 is 0. The first-order valence-electron chi connectivity index (χ1n) is 8.25. The van der Waals surface area contributed by atoms with E-state index in [2.05, 4.69) is 15.3 Å². The van der Waals surface area contributed by atoms with Gasteiger partial charge in [-0.2, -0.15) is 0 Å². The second-order valence-electron chi connectivity index (χ2n) is 6.52. The van der Waals surface area contributed by atoms with Crippen LogP contribution in [0.3, 0.4) is 0 Å². The first-order valence-corrected chi connectivity index (χ1v) is 8.25. The molecule has 0 spiro atoms. The third-order valence-electron chi connectivity index (χ3n) is 4.63. The third kappa shape index (κ3) is 2.48. The Hall–Kier alpha value is -3.35. The van der Waals surface area contributed by atoms with Crippen molar-refractivity contribution in [1.29, 1.82) is 0 Å². The molecule has 1 aliphatic carbocycles. The summed E-state index contributed by atoms with van der Waals surface area (Å²) in [4.78, 5) is 31.5. The zero-order chi connectivity index (χ0) is 17.8. The Labute approximate surface area is 146 Å². The van der Waals surface area contributed by atoms with Crippen LogP contribution in [-0.2, 0) is 9.59 Å². The number of nitrogens with zero attached hydrogens (tertiary/aromatic N) is 3. The van der Waals surface area contributed by atoms with Gasteiger partial charge in [0, 0.05) is 17.5 Å². The van der Waals surface area contributed by atoms with E-state index >= 15 is 0 Å². The minimum Gasteiger partial charge on any atom is -0.309 e. The second kappa shape index (κ2) is 5.32. The number of imidazole rings is 1. The summed E-state index contributed by atoms with van der Waals surface area (Å²) in [6, 6.07) is 9.41. The maximum atomic E-state index is 13.0. The fraction of sp³-hybridized carbons (Fsp3) is 0.158. The van der Waals surface area contributed by atoms with Gasteiger partial charge in [0.15, 0.2) is 5.82 Å². The Bertz CT molecular complexity index is 1210. The van der Waals surface area contributed by atoms with Gasteiger partial charge in [-0.25, -0.2) is 14.4 Å². The molecule has 2 unspecified atom stereocenters. The maximum absolute atomic E-state index is 13.0. The normalized spacial score (nSPS) is 20.4. The molecular weight excluding hydrogens is 335 g/mol.